The minimum atomic E-state index is -0.766. The number of imide groups is 1. The average Bonchev–Trinajstić information content (AvgIpc) is 3.82. The Morgan fingerprint density at radius 2 is 1.83 bits per heavy atom. The van der Waals surface area contributed by atoms with Crippen molar-refractivity contribution in [2.45, 2.75) is 83.0 Å². The van der Waals surface area contributed by atoms with Gasteiger partial charge >= 0.3 is 0 Å². The van der Waals surface area contributed by atoms with Crippen LogP contribution in [0, 0.1) is 0 Å². The summed E-state index contributed by atoms with van der Waals surface area (Å²) in [4.78, 5) is 91.0. The van der Waals surface area contributed by atoms with Crippen molar-refractivity contribution >= 4 is 64.3 Å². The number of aromatic nitrogens is 2. The molecule has 16 nitrogen and oxygen atoms in total. The highest BCUT2D eigenvalue weighted by molar-refractivity contribution is 6.07. The number of carbonyl (C=O) groups excluding carboxylic acids is 6. The third-order valence-corrected chi connectivity index (χ3v) is 10.6. The number of nitrogens with one attached hydrogen (secondary N) is 4. The van der Waals surface area contributed by atoms with Gasteiger partial charge in [0.25, 0.3) is 11.8 Å². The summed E-state index contributed by atoms with van der Waals surface area (Å²) in [6.45, 7) is 2.18. The highest BCUT2D eigenvalue weighted by Gasteiger charge is 2.42. The second-order valence-corrected chi connectivity index (χ2v) is 13.9. The van der Waals surface area contributed by atoms with E-state index in [4.69, 9.17) is 9.72 Å². The average molecular weight is 738 g/mol. The summed E-state index contributed by atoms with van der Waals surface area (Å²) in [6, 6.07) is 9.04. The molecule has 6 amide bonds. The summed E-state index contributed by atoms with van der Waals surface area (Å²) in [5, 5.41) is 11.1. The Morgan fingerprint density at radius 3 is 2.57 bits per heavy atom. The summed E-state index contributed by atoms with van der Waals surface area (Å²) in [5.41, 5.74) is 2.93. The Kier molecular flexibility index (Phi) is 10.2. The zero-order valence-electron chi connectivity index (χ0n) is 30.4. The summed E-state index contributed by atoms with van der Waals surface area (Å²) in [5.74, 6) is -0.531. The molecule has 4 aliphatic rings. The molecule has 1 unspecified atom stereocenters. The van der Waals surface area contributed by atoms with E-state index in [-0.39, 0.29) is 68.1 Å². The van der Waals surface area contributed by atoms with Gasteiger partial charge in [0.05, 0.1) is 19.0 Å². The topological polar surface area (TPSA) is 195 Å². The highest BCUT2D eigenvalue weighted by Crippen LogP contribution is 2.40. The van der Waals surface area contributed by atoms with Crippen molar-refractivity contribution in [1.29, 1.82) is 0 Å². The van der Waals surface area contributed by atoms with E-state index in [9.17, 15) is 28.8 Å². The number of anilines is 5. The SMILES string of the molecule is CC[C@@H]1C(=O)N(C)c2cnc(Nc3ccc(C(=O)NCCC(=O)Nc4cccc5c4CN(C4CCC(=O)NC4=O)C5=O)cc3OC)nc2N1C1CCCC1. The quantitative estimate of drug-likeness (QED) is 0.211. The molecule has 1 aliphatic carbocycles. The van der Waals surface area contributed by atoms with Crippen LogP contribution < -0.4 is 35.8 Å². The summed E-state index contributed by atoms with van der Waals surface area (Å²) in [6.07, 6.45) is 6.91. The van der Waals surface area contributed by atoms with E-state index in [1.54, 1.807) is 54.5 Å². The second-order valence-electron chi connectivity index (χ2n) is 13.9. The van der Waals surface area contributed by atoms with Gasteiger partial charge in [-0.1, -0.05) is 25.8 Å². The Balaban J connectivity index is 0.969. The predicted octanol–water partition coefficient (Wildman–Crippen LogP) is 3.25. The third-order valence-electron chi connectivity index (χ3n) is 10.6. The molecule has 1 saturated heterocycles. The van der Waals surface area contributed by atoms with E-state index < -0.39 is 17.9 Å². The minimum Gasteiger partial charge on any atom is -0.495 e. The van der Waals surface area contributed by atoms with Crippen molar-refractivity contribution in [3.8, 4) is 5.75 Å². The molecule has 4 N–H and O–H groups in total. The number of likely N-dealkylation sites (N-methyl/N-ethyl adjacent to an activating group) is 1. The van der Waals surface area contributed by atoms with Gasteiger partial charge in [-0.25, -0.2) is 4.98 Å². The fourth-order valence-electron chi connectivity index (χ4n) is 7.81. The molecule has 3 aliphatic heterocycles. The van der Waals surface area contributed by atoms with Gasteiger partial charge in [-0.3, -0.25) is 34.1 Å². The number of piperidine rings is 1. The van der Waals surface area contributed by atoms with Crippen LogP contribution >= 0.6 is 0 Å². The standard InChI is InChI=1S/C38H43N9O7/c1-4-27-37(53)45(2)29-19-40-38(44-33(29)47(27)22-8-5-6-9-22)42-26-13-12-21(18-30(26)54-3)34(50)39-17-16-32(49)41-25-11-7-10-23-24(25)20-46(36(23)52)28-14-15-31(48)43-35(28)51/h7,10-13,18-19,22,27-28H,4-6,8-9,14-17,20H2,1-3H3,(H,39,50)(H,41,49)(H,40,42,44)(H,43,48,51)/t27-,28?/m1/s1. The van der Waals surface area contributed by atoms with Crippen LogP contribution in [0.3, 0.4) is 0 Å². The maximum atomic E-state index is 13.2. The molecule has 0 radical (unpaired) electrons. The molecule has 0 bridgehead atoms. The lowest BCUT2D eigenvalue weighted by Crippen LogP contribution is -2.55. The molecule has 3 aromatic rings. The monoisotopic (exact) mass is 737 g/mol. The molecule has 2 fully saturated rings. The fourth-order valence-corrected chi connectivity index (χ4v) is 7.81. The number of rotatable bonds is 11. The van der Waals surface area contributed by atoms with E-state index in [1.165, 1.54) is 12.0 Å². The van der Waals surface area contributed by atoms with Crippen LogP contribution in [0.4, 0.5) is 28.8 Å². The van der Waals surface area contributed by atoms with Crippen LogP contribution in [-0.2, 0) is 25.7 Å². The fraction of sp³-hybridized carbons (Fsp3) is 0.421. The van der Waals surface area contributed by atoms with Gasteiger partial charge < -0.3 is 35.4 Å². The number of carbonyl (C=O) groups is 6. The van der Waals surface area contributed by atoms with Crippen molar-refractivity contribution in [3.05, 3.63) is 59.3 Å². The van der Waals surface area contributed by atoms with Crippen molar-refractivity contribution in [1.82, 2.24) is 25.5 Å². The lowest BCUT2D eigenvalue weighted by molar-refractivity contribution is -0.137. The van der Waals surface area contributed by atoms with Crippen LogP contribution in [0.1, 0.15) is 84.6 Å². The first kappa shape index (κ1) is 36.3. The number of benzene rings is 2. The Morgan fingerprint density at radius 1 is 1.04 bits per heavy atom. The van der Waals surface area contributed by atoms with Gasteiger partial charge in [0, 0.05) is 61.4 Å². The van der Waals surface area contributed by atoms with Crippen molar-refractivity contribution in [2.75, 3.05) is 41.1 Å². The smallest absolute Gasteiger partial charge is 0.255 e. The van der Waals surface area contributed by atoms with Gasteiger partial charge in [-0.05, 0) is 56.0 Å². The molecule has 1 saturated carbocycles. The van der Waals surface area contributed by atoms with Crippen molar-refractivity contribution in [3.63, 3.8) is 0 Å². The summed E-state index contributed by atoms with van der Waals surface area (Å²) in [7, 11) is 3.25. The van der Waals surface area contributed by atoms with Crippen LogP contribution in [0.5, 0.6) is 5.75 Å². The van der Waals surface area contributed by atoms with Crippen LogP contribution in [0.2, 0.25) is 0 Å². The Bertz CT molecular complexity index is 2030. The molecule has 2 aromatic carbocycles. The normalized spacial score (nSPS) is 19.7. The molecule has 7 rings (SSSR count). The van der Waals surface area contributed by atoms with Crippen molar-refractivity contribution in [2.24, 2.45) is 0 Å². The van der Waals surface area contributed by atoms with Gasteiger partial charge in [-0.15, -0.1) is 0 Å². The zero-order chi connectivity index (χ0) is 38.1. The van der Waals surface area contributed by atoms with Crippen LogP contribution in [-0.4, -0.2) is 89.1 Å². The number of amides is 6. The van der Waals surface area contributed by atoms with E-state index in [0.717, 1.165) is 25.7 Å². The Labute approximate surface area is 312 Å². The maximum Gasteiger partial charge on any atom is 0.255 e. The van der Waals surface area contributed by atoms with E-state index in [2.05, 4.69) is 31.2 Å². The molecule has 54 heavy (non-hydrogen) atoms. The second kappa shape index (κ2) is 15.1. The zero-order valence-corrected chi connectivity index (χ0v) is 30.4. The largest absolute Gasteiger partial charge is 0.495 e. The number of hydrogen-bond acceptors (Lipinski definition) is 11. The molecule has 16 heteroatoms. The lowest BCUT2D eigenvalue weighted by Gasteiger charge is -2.43. The number of nitrogens with zero attached hydrogens (tertiary/aromatic N) is 5. The number of ether oxygens (including phenoxy) is 1. The minimum absolute atomic E-state index is 0.0366. The molecule has 4 heterocycles. The number of methoxy groups -OCH3 is 1. The molecule has 282 valence electrons. The number of fused-ring (bicyclic) bond motifs is 2. The molecular formula is C38H43N9O7. The Hall–Kier alpha value is -6.06. The van der Waals surface area contributed by atoms with Gasteiger partial charge in [0.2, 0.25) is 29.6 Å². The summed E-state index contributed by atoms with van der Waals surface area (Å²) >= 11 is 0. The molecule has 0 spiro atoms. The van der Waals surface area contributed by atoms with Crippen LogP contribution in [0.15, 0.2) is 42.6 Å². The van der Waals surface area contributed by atoms with E-state index in [1.807, 2.05) is 6.92 Å². The summed E-state index contributed by atoms with van der Waals surface area (Å²) < 4.78 is 5.61. The molecule has 2 atom stereocenters. The predicted molar refractivity (Wildman–Crippen MR) is 199 cm³/mol. The van der Waals surface area contributed by atoms with Gasteiger partial charge in [0.15, 0.2) is 5.82 Å². The third kappa shape index (κ3) is 6.90. The highest BCUT2D eigenvalue weighted by atomic mass is 16.5. The first-order valence-electron chi connectivity index (χ1n) is 18.3. The first-order chi connectivity index (χ1) is 26.1. The number of hydrogen-bond donors (Lipinski definition) is 4. The first-order valence-corrected chi connectivity index (χ1v) is 18.3. The molecular weight excluding hydrogens is 694 g/mol. The molecule has 1 aromatic heterocycles. The van der Waals surface area contributed by atoms with Crippen molar-refractivity contribution < 1.29 is 33.5 Å². The van der Waals surface area contributed by atoms with E-state index in [0.29, 0.717) is 57.7 Å². The maximum absolute atomic E-state index is 13.2. The lowest BCUT2D eigenvalue weighted by atomic mass is 10.0. The van der Waals surface area contributed by atoms with E-state index >= 15 is 0 Å². The van der Waals surface area contributed by atoms with Gasteiger partial charge in [-0.2, -0.15) is 4.98 Å². The van der Waals surface area contributed by atoms with Crippen LogP contribution in [0.25, 0.3) is 0 Å². The van der Waals surface area contributed by atoms with Gasteiger partial charge in [0.1, 0.15) is 23.5 Å².